The Morgan fingerprint density at radius 2 is 1.95 bits per heavy atom. The maximum absolute atomic E-state index is 8.91. The Morgan fingerprint density at radius 1 is 1.21 bits per heavy atom. The van der Waals surface area contributed by atoms with E-state index >= 15 is 0 Å². The highest BCUT2D eigenvalue weighted by molar-refractivity contribution is 5.55. The summed E-state index contributed by atoms with van der Waals surface area (Å²) >= 11 is 0. The first-order valence-corrected chi connectivity index (χ1v) is 5.84. The molecule has 4 N–H and O–H groups in total. The van der Waals surface area contributed by atoms with Gasteiger partial charge < -0.3 is 21.1 Å². The number of aliphatic hydroxyl groups excluding tert-OH is 1. The van der Waals surface area contributed by atoms with E-state index in [4.69, 9.17) is 10.8 Å². The van der Waals surface area contributed by atoms with Gasteiger partial charge in [-0.25, -0.2) is 0 Å². The number of nitrogens with two attached hydrogens (primary N) is 1. The minimum atomic E-state index is 0.0174. The minimum Gasteiger partial charge on any atom is -0.395 e. The van der Waals surface area contributed by atoms with Crippen molar-refractivity contribution in [2.45, 2.75) is 0 Å². The molecule has 7 heteroatoms. The number of rotatable bonds is 5. The maximum Gasteiger partial charge on any atom is 0.233 e. The van der Waals surface area contributed by atoms with Crippen molar-refractivity contribution >= 4 is 23.5 Å². The van der Waals surface area contributed by atoms with Crippen LogP contribution in [0.25, 0.3) is 0 Å². The molecule has 2 rings (SSSR count). The predicted molar refractivity (Wildman–Crippen MR) is 74.3 cm³/mol. The van der Waals surface area contributed by atoms with Crippen LogP contribution in [0.1, 0.15) is 0 Å². The molecule has 0 atom stereocenters. The van der Waals surface area contributed by atoms with Crippen LogP contribution >= 0.6 is 0 Å². The highest BCUT2D eigenvalue weighted by Crippen LogP contribution is 2.15. The fourth-order valence-corrected chi connectivity index (χ4v) is 1.51. The number of aromatic nitrogens is 3. The van der Waals surface area contributed by atoms with Gasteiger partial charge in [0.1, 0.15) is 0 Å². The van der Waals surface area contributed by atoms with Gasteiger partial charge in [0.25, 0.3) is 0 Å². The maximum atomic E-state index is 8.91. The number of hydrogen-bond donors (Lipinski definition) is 3. The molecule has 0 radical (unpaired) electrons. The van der Waals surface area contributed by atoms with Crippen LogP contribution < -0.4 is 16.0 Å². The summed E-state index contributed by atoms with van der Waals surface area (Å²) in [6.07, 6.45) is 0. The fourth-order valence-electron chi connectivity index (χ4n) is 1.51. The summed E-state index contributed by atoms with van der Waals surface area (Å²) in [6.45, 7) is 0.442. The molecule has 1 aromatic heterocycles. The zero-order valence-electron chi connectivity index (χ0n) is 10.6. The second-order valence-corrected chi connectivity index (χ2v) is 3.95. The molecule has 0 aliphatic carbocycles. The predicted octanol–water partition coefficient (Wildman–Crippen LogP) is 0.626. The topological polar surface area (TPSA) is 100 Å². The molecule has 1 aromatic carbocycles. The quantitative estimate of drug-likeness (QED) is 0.724. The Balaban J connectivity index is 2.21. The van der Waals surface area contributed by atoms with Crippen molar-refractivity contribution in [2.75, 3.05) is 36.1 Å². The summed E-state index contributed by atoms with van der Waals surface area (Å²) in [6, 6.07) is 9.54. The summed E-state index contributed by atoms with van der Waals surface area (Å²) in [4.78, 5) is 14.0. The van der Waals surface area contributed by atoms with E-state index in [9.17, 15) is 0 Å². The SMILES string of the molecule is CN(CCO)c1nc(N)nc(Nc2ccccc2)n1. The molecule has 19 heavy (non-hydrogen) atoms. The van der Waals surface area contributed by atoms with E-state index in [0.29, 0.717) is 18.4 Å². The molecule has 0 aliphatic rings. The molecule has 0 bridgehead atoms. The van der Waals surface area contributed by atoms with E-state index in [1.807, 2.05) is 30.3 Å². The summed E-state index contributed by atoms with van der Waals surface area (Å²) in [5, 5.41) is 12.0. The Kier molecular flexibility index (Phi) is 4.09. The van der Waals surface area contributed by atoms with Crippen LogP contribution in [0, 0.1) is 0 Å². The second kappa shape index (κ2) is 5.96. The molecule has 2 aromatic rings. The van der Waals surface area contributed by atoms with Gasteiger partial charge in [-0.15, -0.1) is 0 Å². The van der Waals surface area contributed by atoms with Crippen LogP contribution in [0.5, 0.6) is 0 Å². The van der Waals surface area contributed by atoms with Crippen molar-refractivity contribution in [2.24, 2.45) is 0 Å². The molecule has 0 aliphatic heterocycles. The summed E-state index contributed by atoms with van der Waals surface area (Å²) in [5.41, 5.74) is 6.52. The Morgan fingerprint density at radius 3 is 2.63 bits per heavy atom. The standard InChI is InChI=1S/C12H16N6O/c1-18(7-8-19)12-16-10(13)15-11(17-12)14-9-5-3-2-4-6-9/h2-6,19H,7-8H2,1H3,(H3,13,14,15,16,17). The minimum absolute atomic E-state index is 0.0174. The number of para-hydroxylation sites is 1. The normalized spacial score (nSPS) is 10.2. The van der Waals surface area contributed by atoms with E-state index in [1.165, 1.54) is 0 Å². The lowest BCUT2D eigenvalue weighted by Gasteiger charge is -2.16. The number of likely N-dealkylation sites (N-methyl/N-ethyl adjacent to an activating group) is 1. The largest absolute Gasteiger partial charge is 0.395 e. The summed E-state index contributed by atoms with van der Waals surface area (Å²) in [7, 11) is 1.78. The van der Waals surface area contributed by atoms with Crippen molar-refractivity contribution in [3.8, 4) is 0 Å². The lowest BCUT2D eigenvalue weighted by Crippen LogP contribution is -2.24. The molecule has 0 fully saturated rings. The van der Waals surface area contributed by atoms with Gasteiger partial charge in [0.2, 0.25) is 17.8 Å². The van der Waals surface area contributed by atoms with Crippen molar-refractivity contribution < 1.29 is 5.11 Å². The monoisotopic (exact) mass is 260 g/mol. The molecule has 0 spiro atoms. The van der Waals surface area contributed by atoms with E-state index in [-0.39, 0.29) is 12.6 Å². The van der Waals surface area contributed by atoms with Crippen molar-refractivity contribution in [3.05, 3.63) is 30.3 Å². The van der Waals surface area contributed by atoms with Crippen LogP contribution in [-0.2, 0) is 0 Å². The average molecular weight is 260 g/mol. The molecular weight excluding hydrogens is 244 g/mol. The van der Waals surface area contributed by atoms with E-state index in [2.05, 4.69) is 20.3 Å². The van der Waals surface area contributed by atoms with Gasteiger partial charge in [-0.1, -0.05) is 18.2 Å². The molecule has 0 amide bonds. The van der Waals surface area contributed by atoms with Crippen molar-refractivity contribution in [1.29, 1.82) is 0 Å². The van der Waals surface area contributed by atoms with Crippen LogP contribution in [0.3, 0.4) is 0 Å². The summed E-state index contributed by atoms with van der Waals surface area (Å²) < 4.78 is 0. The molecule has 100 valence electrons. The number of benzene rings is 1. The Labute approximate surface area is 111 Å². The fraction of sp³-hybridized carbons (Fsp3) is 0.250. The number of anilines is 4. The van der Waals surface area contributed by atoms with Crippen molar-refractivity contribution in [3.63, 3.8) is 0 Å². The molecule has 0 saturated carbocycles. The third-order valence-electron chi connectivity index (χ3n) is 2.45. The zero-order chi connectivity index (χ0) is 13.7. The molecule has 7 nitrogen and oxygen atoms in total. The zero-order valence-corrected chi connectivity index (χ0v) is 10.6. The van der Waals surface area contributed by atoms with Gasteiger partial charge in [0, 0.05) is 19.3 Å². The smallest absolute Gasteiger partial charge is 0.233 e. The van der Waals surface area contributed by atoms with Crippen LogP contribution in [0.15, 0.2) is 30.3 Å². The number of nitrogens with one attached hydrogen (secondary N) is 1. The van der Waals surface area contributed by atoms with Crippen molar-refractivity contribution in [1.82, 2.24) is 15.0 Å². The van der Waals surface area contributed by atoms with Crippen LogP contribution in [0.4, 0.5) is 23.5 Å². The third-order valence-corrected chi connectivity index (χ3v) is 2.45. The van der Waals surface area contributed by atoms with E-state index in [0.717, 1.165) is 5.69 Å². The Hall–Kier alpha value is -2.41. The first-order chi connectivity index (χ1) is 9.19. The summed E-state index contributed by atoms with van der Waals surface area (Å²) in [5.74, 6) is 0.923. The Bertz CT molecular complexity index is 533. The van der Waals surface area contributed by atoms with Gasteiger partial charge in [-0.3, -0.25) is 0 Å². The van der Waals surface area contributed by atoms with Gasteiger partial charge in [0.05, 0.1) is 6.61 Å². The second-order valence-electron chi connectivity index (χ2n) is 3.95. The molecule has 0 unspecified atom stereocenters. The van der Waals surface area contributed by atoms with Gasteiger partial charge in [-0.2, -0.15) is 15.0 Å². The third kappa shape index (κ3) is 3.52. The molecule has 0 saturated heterocycles. The number of nitrogen functional groups attached to an aromatic ring is 1. The number of hydrogen-bond acceptors (Lipinski definition) is 7. The number of aliphatic hydroxyl groups is 1. The van der Waals surface area contributed by atoms with Crippen LogP contribution in [0.2, 0.25) is 0 Å². The average Bonchev–Trinajstić information content (AvgIpc) is 2.39. The van der Waals surface area contributed by atoms with Gasteiger partial charge in [0.15, 0.2) is 0 Å². The first-order valence-electron chi connectivity index (χ1n) is 5.84. The van der Waals surface area contributed by atoms with Gasteiger partial charge in [-0.05, 0) is 12.1 Å². The number of nitrogens with zero attached hydrogens (tertiary/aromatic N) is 4. The molecule has 1 heterocycles. The van der Waals surface area contributed by atoms with Crippen LogP contribution in [-0.4, -0.2) is 40.3 Å². The van der Waals surface area contributed by atoms with E-state index < -0.39 is 0 Å². The molecular formula is C12H16N6O. The van der Waals surface area contributed by atoms with E-state index in [1.54, 1.807) is 11.9 Å². The lowest BCUT2D eigenvalue weighted by molar-refractivity contribution is 0.303. The first kappa shape index (κ1) is 13.0. The van der Waals surface area contributed by atoms with Gasteiger partial charge >= 0.3 is 0 Å². The highest BCUT2D eigenvalue weighted by Gasteiger charge is 2.08. The lowest BCUT2D eigenvalue weighted by atomic mass is 10.3. The highest BCUT2D eigenvalue weighted by atomic mass is 16.3.